The molecule has 0 bridgehead atoms. The molecule has 0 radical (unpaired) electrons. The van der Waals surface area contributed by atoms with E-state index in [-0.39, 0.29) is 5.75 Å². The van der Waals surface area contributed by atoms with Crippen LogP contribution in [0, 0.1) is 0 Å². The van der Waals surface area contributed by atoms with Crippen LogP contribution < -0.4 is 5.73 Å². The van der Waals surface area contributed by atoms with Crippen molar-refractivity contribution >= 4 is 16.9 Å². The van der Waals surface area contributed by atoms with E-state index >= 15 is 0 Å². The van der Waals surface area contributed by atoms with Crippen molar-refractivity contribution in [2.24, 2.45) is 0 Å². The highest BCUT2D eigenvalue weighted by atomic mass is 16.3. The van der Waals surface area contributed by atoms with Gasteiger partial charge in [0.05, 0.1) is 5.39 Å². The molecule has 60 valence electrons. The maximum Gasteiger partial charge on any atom is 0.165 e. The fourth-order valence-corrected chi connectivity index (χ4v) is 1.03. The average molecular weight is 161 g/mol. The second-order valence-corrected chi connectivity index (χ2v) is 2.44. The Morgan fingerprint density at radius 3 is 2.92 bits per heavy atom. The van der Waals surface area contributed by atoms with E-state index in [2.05, 4.69) is 9.97 Å². The van der Waals surface area contributed by atoms with Crippen molar-refractivity contribution in [3.8, 4) is 5.75 Å². The number of hydrogen-bond acceptors (Lipinski definition) is 4. The summed E-state index contributed by atoms with van der Waals surface area (Å²) in [6.45, 7) is 0. The Morgan fingerprint density at radius 1 is 1.25 bits per heavy atom. The molecule has 3 N–H and O–H groups in total. The summed E-state index contributed by atoms with van der Waals surface area (Å²) in [4.78, 5) is 7.89. The van der Waals surface area contributed by atoms with Gasteiger partial charge in [-0.15, -0.1) is 0 Å². The second-order valence-electron chi connectivity index (χ2n) is 2.44. The molecule has 0 saturated carbocycles. The summed E-state index contributed by atoms with van der Waals surface area (Å²) in [5, 5.41) is 9.96. The van der Waals surface area contributed by atoms with Crippen molar-refractivity contribution in [2.75, 3.05) is 5.73 Å². The van der Waals surface area contributed by atoms with Crippen LogP contribution in [0.5, 0.6) is 5.75 Å². The molecule has 0 unspecified atom stereocenters. The molecule has 0 atom stereocenters. The molecular formula is C8H7N3O. The Labute approximate surface area is 68.7 Å². The number of nitrogen functional groups attached to an aromatic ring is 1. The molecular weight excluding hydrogens is 154 g/mol. The second kappa shape index (κ2) is 2.34. The first-order chi connectivity index (χ1) is 5.77. The van der Waals surface area contributed by atoms with Gasteiger partial charge in [-0.1, -0.05) is 0 Å². The van der Waals surface area contributed by atoms with Gasteiger partial charge in [0.15, 0.2) is 5.65 Å². The third kappa shape index (κ3) is 0.934. The van der Waals surface area contributed by atoms with Gasteiger partial charge in [-0.05, 0) is 18.2 Å². The molecule has 0 aliphatic rings. The molecule has 2 heterocycles. The van der Waals surface area contributed by atoms with Gasteiger partial charge >= 0.3 is 0 Å². The zero-order valence-corrected chi connectivity index (χ0v) is 6.23. The molecule has 4 nitrogen and oxygen atoms in total. The Hall–Kier alpha value is -1.84. The molecule has 2 rings (SSSR count). The quantitative estimate of drug-likeness (QED) is 0.602. The van der Waals surface area contributed by atoms with E-state index in [0.29, 0.717) is 16.9 Å². The van der Waals surface area contributed by atoms with Crippen molar-refractivity contribution in [2.45, 2.75) is 0 Å². The van der Waals surface area contributed by atoms with Crippen LogP contribution in [0.25, 0.3) is 11.0 Å². The lowest BCUT2D eigenvalue weighted by Crippen LogP contribution is -1.91. The molecule has 0 spiro atoms. The predicted octanol–water partition coefficient (Wildman–Crippen LogP) is 0.918. The van der Waals surface area contributed by atoms with Crippen molar-refractivity contribution in [3.63, 3.8) is 0 Å². The summed E-state index contributed by atoms with van der Waals surface area (Å²) in [5.41, 5.74) is 5.91. The van der Waals surface area contributed by atoms with E-state index in [0.717, 1.165) is 0 Å². The summed E-state index contributed by atoms with van der Waals surface area (Å²) in [6, 6.07) is 4.84. The summed E-state index contributed by atoms with van der Waals surface area (Å²) >= 11 is 0. The normalized spacial score (nSPS) is 10.3. The lowest BCUT2D eigenvalue weighted by molar-refractivity contribution is 0.481. The number of pyridine rings is 2. The monoisotopic (exact) mass is 161 g/mol. The largest absolute Gasteiger partial charge is 0.507 e. The molecule has 0 aliphatic carbocycles. The average Bonchev–Trinajstić information content (AvgIpc) is 2.04. The minimum atomic E-state index is 0.174. The maximum absolute atomic E-state index is 9.34. The topological polar surface area (TPSA) is 72.0 Å². The van der Waals surface area contributed by atoms with Crippen LogP contribution in [-0.4, -0.2) is 15.1 Å². The molecule has 4 heteroatoms. The first kappa shape index (κ1) is 6.84. The number of rotatable bonds is 0. The van der Waals surface area contributed by atoms with Gasteiger partial charge in [0.25, 0.3) is 0 Å². The summed E-state index contributed by atoms with van der Waals surface area (Å²) in [5.74, 6) is 0.577. The van der Waals surface area contributed by atoms with Gasteiger partial charge in [0.1, 0.15) is 11.6 Å². The molecule has 2 aromatic rings. The first-order valence-corrected chi connectivity index (χ1v) is 3.47. The number of nitrogens with two attached hydrogens (primary N) is 1. The number of fused-ring (bicyclic) bond motifs is 1. The van der Waals surface area contributed by atoms with Crippen LogP contribution in [0.4, 0.5) is 5.82 Å². The van der Waals surface area contributed by atoms with Gasteiger partial charge in [0, 0.05) is 6.20 Å². The Bertz CT molecular complexity index is 428. The van der Waals surface area contributed by atoms with E-state index in [9.17, 15) is 5.11 Å². The van der Waals surface area contributed by atoms with Gasteiger partial charge in [0.2, 0.25) is 0 Å². The number of aromatic nitrogens is 2. The van der Waals surface area contributed by atoms with Crippen molar-refractivity contribution < 1.29 is 5.11 Å². The minimum absolute atomic E-state index is 0.174. The van der Waals surface area contributed by atoms with E-state index in [4.69, 9.17) is 5.73 Å². The zero-order chi connectivity index (χ0) is 8.55. The first-order valence-electron chi connectivity index (χ1n) is 3.47. The maximum atomic E-state index is 9.34. The highest BCUT2D eigenvalue weighted by Crippen LogP contribution is 2.20. The van der Waals surface area contributed by atoms with Crippen LogP contribution >= 0.6 is 0 Å². The summed E-state index contributed by atoms with van der Waals surface area (Å²) < 4.78 is 0. The summed E-state index contributed by atoms with van der Waals surface area (Å²) in [6.07, 6.45) is 1.49. The van der Waals surface area contributed by atoms with Crippen molar-refractivity contribution in [1.29, 1.82) is 0 Å². The smallest absolute Gasteiger partial charge is 0.165 e. The molecule has 0 amide bonds. The van der Waals surface area contributed by atoms with Crippen LogP contribution in [0.3, 0.4) is 0 Å². The van der Waals surface area contributed by atoms with Crippen molar-refractivity contribution in [1.82, 2.24) is 9.97 Å². The third-order valence-electron chi connectivity index (χ3n) is 1.60. The minimum Gasteiger partial charge on any atom is -0.507 e. The fraction of sp³-hybridized carbons (Fsp3) is 0. The molecule has 0 aromatic carbocycles. The van der Waals surface area contributed by atoms with E-state index in [1.807, 2.05) is 0 Å². The highest BCUT2D eigenvalue weighted by molar-refractivity contribution is 5.82. The van der Waals surface area contributed by atoms with Crippen LogP contribution in [0.1, 0.15) is 0 Å². The Balaban J connectivity index is 2.86. The van der Waals surface area contributed by atoms with Crippen LogP contribution in [0.2, 0.25) is 0 Å². The Morgan fingerprint density at radius 2 is 2.08 bits per heavy atom. The molecule has 12 heavy (non-hydrogen) atoms. The van der Waals surface area contributed by atoms with Gasteiger partial charge in [-0.25, -0.2) is 9.97 Å². The van der Waals surface area contributed by atoms with Crippen LogP contribution in [-0.2, 0) is 0 Å². The lowest BCUT2D eigenvalue weighted by atomic mass is 10.2. The van der Waals surface area contributed by atoms with Gasteiger partial charge in [-0.3, -0.25) is 0 Å². The van der Waals surface area contributed by atoms with Crippen molar-refractivity contribution in [3.05, 3.63) is 24.4 Å². The van der Waals surface area contributed by atoms with Gasteiger partial charge < -0.3 is 10.8 Å². The number of hydrogen-bond donors (Lipinski definition) is 2. The van der Waals surface area contributed by atoms with Crippen LogP contribution in [0.15, 0.2) is 24.4 Å². The number of aromatic hydroxyl groups is 1. The van der Waals surface area contributed by atoms with E-state index in [1.165, 1.54) is 12.3 Å². The van der Waals surface area contributed by atoms with E-state index < -0.39 is 0 Å². The standard InChI is InChI=1S/C8H7N3O/c9-7-2-1-5-6(12)3-4-10-8(5)11-7/h1-4H,(H3,9,10,11,12). The lowest BCUT2D eigenvalue weighted by Gasteiger charge is -1.98. The SMILES string of the molecule is Nc1ccc2c(O)ccnc2n1. The Kier molecular flexibility index (Phi) is 1.33. The number of nitrogens with zero attached hydrogens (tertiary/aromatic N) is 2. The summed E-state index contributed by atoms with van der Waals surface area (Å²) in [7, 11) is 0. The highest BCUT2D eigenvalue weighted by Gasteiger charge is 2.00. The fourth-order valence-electron chi connectivity index (χ4n) is 1.03. The third-order valence-corrected chi connectivity index (χ3v) is 1.60. The molecule has 0 fully saturated rings. The molecule has 0 aliphatic heterocycles. The number of anilines is 1. The van der Waals surface area contributed by atoms with E-state index in [1.54, 1.807) is 12.1 Å². The predicted molar refractivity (Wildman–Crippen MR) is 45.6 cm³/mol. The zero-order valence-electron chi connectivity index (χ0n) is 6.23. The van der Waals surface area contributed by atoms with Gasteiger partial charge in [-0.2, -0.15) is 0 Å². The molecule has 0 saturated heterocycles. The molecule has 2 aromatic heterocycles.